The van der Waals surface area contributed by atoms with Gasteiger partial charge < -0.3 is 14.2 Å². The molecule has 0 aromatic heterocycles. The van der Waals surface area contributed by atoms with Gasteiger partial charge in [0.15, 0.2) is 11.5 Å². The van der Waals surface area contributed by atoms with Crippen LogP contribution in [0, 0.1) is 0 Å². The average Bonchev–Trinajstić information content (AvgIpc) is 3.07. The Morgan fingerprint density at radius 1 is 1.12 bits per heavy atom. The van der Waals surface area contributed by atoms with Crippen LogP contribution >= 0.6 is 11.6 Å². The molecule has 0 saturated heterocycles. The largest absolute Gasteiger partial charge is 0.496 e. The fraction of sp³-hybridized carbons (Fsp3) is 0.176. The second-order valence-corrected chi connectivity index (χ2v) is 5.64. The van der Waals surface area contributed by atoms with Gasteiger partial charge in [0.1, 0.15) is 5.75 Å². The van der Waals surface area contributed by atoms with Gasteiger partial charge >= 0.3 is 0 Å². The van der Waals surface area contributed by atoms with E-state index in [1.807, 2.05) is 0 Å². The lowest BCUT2D eigenvalue weighted by molar-refractivity contribution is -0.121. The van der Waals surface area contributed by atoms with Crippen molar-refractivity contribution < 1.29 is 23.8 Å². The van der Waals surface area contributed by atoms with Gasteiger partial charge in [-0.1, -0.05) is 11.6 Å². The quantitative estimate of drug-likeness (QED) is 0.813. The van der Waals surface area contributed by atoms with E-state index in [-0.39, 0.29) is 13.2 Å². The molecule has 7 nitrogen and oxygen atoms in total. The van der Waals surface area contributed by atoms with Crippen LogP contribution in [0.15, 0.2) is 36.4 Å². The molecule has 0 saturated carbocycles. The zero-order valence-corrected chi connectivity index (χ0v) is 14.1. The Labute approximate surface area is 148 Å². The maximum Gasteiger partial charge on any atom is 0.269 e. The topological polar surface area (TPSA) is 85.9 Å². The summed E-state index contributed by atoms with van der Waals surface area (Å²) in [5.41, 5.74) is 5.67. The molecule has 0 atom stereocenters. The standard InChI is InChI=1S/C17H15ClN2O5/c1-23-13-5-3-12(18)6-11(13)8-16(21)19-20-17(22)10-2-4-14-15(7-10)25-9-24-14/h2-7H,8-9H2,1H3,(H,19,21)(H,20,22). The molecule has 0 aliphatic carbocycles. The van der Waals surface area contributed by atoms with E-state index < -0.39 is 11.8 Å². The molecule has 1 aliphatic heterocycles. The second kappa shape index (κ2) is 7.31. The van der Waals surface area contributed by atoms with E-state index in [2.05, 4.69) is 10.9 Å². The van der Waals surface area contributed by atoms with Crippen molar-refractivity contribution >= 4 is 23.4 Å². The Morgan fingerprint density at radius 3 is 2.72 bits per heavy atom. The zero-order chi connectivity index (χ0) is 17.8. The average molecular weight is 363 g/mol. The predicted molar refractivity (Wildman–Crippen MR) is 89.9 cm³/mol. The van der Waals surface area contributed by atoms with Crippen molar-refractivity contribution in [2.24, 2.45) is 0 Å². The van der Waals surface area contributed by atoms with Crippen LogP contribution in [0.2, 0.25) is 5.02 Å². The Bertz CT molecular complexity index is 825. The summed E-state index contributed by atoms with van der Waals surface area (Å²) < 4.78 is 15.6. The minimum Gasteiger partial charge on any atom is -0.496 e. The van der Waals surface area contributed by atoms with Gasteiger partial charge in [-0.3, -0.25) is 20.4 Å². The van der Waals surface area contributed by atoms with Gasteiger partial charge in [0.2, 0.25) is 12.7 Å². The molecule has 0 bridgehead atoms. The number of carbonyl (C=O) groups is 2. The van der Waals surface area contributed by atoms with Crippen molar-refractivity contribution in [3.05, 3.63) is 52.5 Å². The molecule has 1 aliphatic rings. The minimum absolute atomic E-state index is 0.00511. The molecule has 3 rings (SSSR count). The van der Waals surface area contributed by atoms with Gasteiger partial charge in [0, 0.05) is 16.1 Å². The molecule has 8 heteroatoms. The number of carbonyl (C=O) groups excluding carboxylic acids is 2. The van der Waals surface area contributed by atoms with Gasteiger partial charge in [-0.2, -0.15) is 0 Å². The maximum atomic E-state index is 12.1. The van der Waals surface area contributed by atoms with Crippen LogP contribution in [-0.2, 0) is 11.2 Å². The number of hydrogen-bond donors (Lipinski definition) is 2. The third-order valence-corrected chi connectivity index (χ3v) is 3.78. The molecular formula is C17H15ClN2O5. The smallest absolute Gasteiger partial charge is 0.269 e. The van der Waals surface area contributed by atoms with Gasteiger partial charge in [-0.25, -0.2) is 0 Å². The lowest BCUT2D eigenvalue weighted by atomic mass is 10.1. The highest BCUT2D eigenvalue weighted by molar-refractivity contribution is 6.30. The third-order valence-electron chi connectivity index (χ3n) is 3.54. The first-order valence-electron chi connectivity index (χ1n) is 7.38. The summed E-state index contributed by atoms with van der Waals surface area (Å²) in [6.07, 6.45) is 0.00511. The Morgan fingerprint density at radius 2 is 1.92 bits per heavy atom. The van der Waals surface area contributed by atoms with Crippen molar-refractivity contribution in [2.75, 3.05) is 13.9 Å². The van der Waals surface area contributed by atoms with E-state index in [1.165, 1.54) is 7.11 Å². The molecule has 0 spiro atoms. The van der Waals surface area contributed by atoms with Gasteiger partial charge in [0.25, 0.3) is 5.91 Å². The summed E-state index contributed by atoms with van der Waals surface area (Å²) in [4.78, 5) is 24.2. The molecule has 25 heavy (non-hydrogen) atoms. The Kier molecular flexibility index (Phi) is 4.95. The number of amides is 2. The summed E-state index contributed by atoms with van der Waals surface area (Å²) in [6.45, 7) is 0.124. The molecule has 130 valence electrons. The van der Waals surface area contributed by atoms with E-state index in [9.17, 15) is 9.59 Å². The van der Waals surface area contributed by atoms with Crippen LogP contribution in [0.3, 0.4) is 0 Å². The monoisotopic (exact) mass is 362 g/mol. The van der Waals surface area contributed by atoms with E-state index in [1.54, 1.807) is 36.4 Å². The number of methoxy groups -OCH3 is 1. The number of ether oxygens (including phenoxy) is 3. The summed E-state index contributed by atoms with van der Waals surface area (Å²) in [7, 11) is 1.51. The highest BCUT2D eigenvalue weighted by Crippen LogP contribution is 2.32. The van der Waals surface area contributed by atoms with Gasteiger partial charge in [-0.15, -0.1) is 0 Å². The molecule has 0 radical (unpaired) electrons. The van der Waals surface area contributed by atoms with E-state index in [4.69, 9.17) is 25.8 Å². The van der Waals surface area contributed by atoms with Crippen LogP contribution in [-0.4, -0.2) is 25.7 Å². The van der Waals surface area contributed by atoms with E-state index in [0.29, 0.717) is 33.4 Å². The summed E-state index contributed by atoms with van der Waals surface area (Å²) in [6, 6.07) is 9.74. The Balaban J connectivity index is 1.59. The number of hydrazine groups is 1. The number of hydrogen-bond acceptors (Lipinski definition) is 5. The van der Waals surface area contributed by atoms with E-state index >= 15 is 0 Å². The maximum absolute atomic E-state index is 12.1. The predicted octanol–water partition coefficient (Wildman–Crippen LogP) is 2.08. The summed E-state index contributed by atoms with van der Waals surface area (Å²) in [5, 5.41) is 0.494. The fourth-order valence-electron chi connectivity index (χ4n) is 2.34. The molecule has 0 unspecified atom stereocenters. The molecular weight excluding hydrogens is 348 g/mol. The number of rotatable bonds is 4. The van der Waals surface area contributed by atoms with Crippen molar-refractivity contribution in [3.63, 3.8) is 0 Å². The fourth-order valence-corrected chi connectivity index (χ4v) is 2.53. The number of halogens is 1. The molecule has 2 aromatic carbocycles. The number of benzene rings is 2. The second-order valence-electron chi connectivity index (χ2n) is 5.20. The highest BCUT2D eigenvalue weighted by Gasteiger charge is 2.17. The molecule has 0 fully saturated rings. The van der Waals surface area contributed by atoms with Crippen molar-refractivity contribution in [2.45, 2.75) is 6.42 Å². The van der Waals surface area contributed by atoms with Crippen molar-refractivity contribution in [1.29, 1.82) is 0 Å². The summed E-state index contributed by atoms with van der Waals surface area (Å²) >= 11 is 5.93. The van der Waals surface area contributed by atoms with Crippen LogP contribution < -0.4 is 25.1 Å². The van der Waals surface area contributed by atoms with E-state index in [0.717, 1.165) is 0 Å². The molecule has 2 N–H and O–H groups in total. The molecule has 1 heterocycles. The molecule has 2 aromatic rings. The highest BCUT2D eigenvalue weighted by atomic mass is 35.5. The first kappa shape index (κ1) is 16.9. The SMILES string of the molecule is COc1ccc(Cl)cc1CC(=O)NNC(=O)c1ccc2c(c1)OCO2. The third kappa shape index (κ3) is 3.95. The summed E-state index contributed by atoms with van der Waals surface area (Å²) in [5.74, 6) is 0.734. The van der Waals surface area contributed by atoms with Crippen LogP contribution in [0.1, 0.15) is 15.9 Å². The number of nitrogens with one attached hydrogen (secondary N) is 2. The van der Waals surface area contributed by atoms with Crippen molar-refractivity contribution in [1.82, 2.24) is 10.9 Å². The zero-order valence-electron chi connectivity index (χ0n) is 13.3. The van der Waals surface area contributed by atoms with Crippen molar-refractivity contribution in [3.8, 4) is 17.2 Å². The Hall–Kier alpha value is -2.93. The lowest BCUT2D eigenvalue weighted by Gasteiger charge is -2.10. The van der Waals surface area contributed by atoms with Crippen LogP contribution in [0.5, 0.6) is 17.2 Å². The van der Waals surface area contributed by atoms with Crippen LogP contribution in [0.4, 0.5) is 0 Å². The normalized spacial score (nSPS) is 11.8. The van der Waals surface area contributed by atoms with Gasteiger partial charge in [-0.05, 0) is 36.4 Å². The minimum atomic E-state index is -0.468. The van der Waals surface area contributed by atoms with Gasteiger partial charge in [0.05, 0.1) is 13.5 Å². The first-order valence-corrected chi connectivity index (χ1v) is 7.76. The lowest BCUT2D eigenvalue weighted by Crippen LogP contribution is -2.42. The number of fused-ring (bicyclic) bond motifs is 1. The van der Waals surface area contributed by atoms with Crippen LogP contribution in [0.25, 0.3) is 0 Å². The molecule has 2 amide bonds. The first-order chi connectivity index (χ1) is 12.1.